The van der Waals surface area contributed by atoms with Crippen LogP contribution in [0.15, 0.2) is 36.4 Å². The summed E-state index contributed by atoms with van der Waals surface area (Å²) in [7, 11) is 0. The fourth-order valence-corrected chi connectivity index (χ4v) is 3.19. The SMILES string of the molecule is CC(C)(C)c1ccc(C(=O)Nc2cc3c(cc2C#N)NCCCC3)cc1. The smallest absolute Gasteiger partial charge is 0.255 e. The van der Waals surface area contributed by atoms with Crippen molar-refractivity contribution >= 4 is 17.3 Å². The van der Waals surface area contributed by atoms with Gasteiger partial charge in [0.25, 0.3) is 5.91 Å². The Balaban J connectivity index is 1.85. The molecule has 0 bridgehead atoms. The van der Waals surface area contributed by atoms with Crippen molar-refractivity contribution in [2.75, 3.05) is 17.2 Å². The third kappa shape index (κ3) is 3.88. The summed E-state index contributed by atoms with van der Waals surface area (Å²) in [6, 6.07) is 13.6. The van der Waals surface area contributed by atoms with E-state index in [1.807, 2.05) is 36.4 Å². The molecule has 0 fully saturated rings. The lowest BCUT2D eigenvalue weighted by molar-refractivity contribution is 0.102. The van der Waals surface area contributed by atoms with Crippen LogP contribution >= 0.6 is 0 Å². The van der Waals surface area contributed by atoms with Crippen LogP contribution in [0.3, 0.4) is 0 Å². The third-order valence-electron chi connectivity index (χ3n) is 4.81. The van der Waals surface area contributed by atoms with Crippen LogP contribution in [-0.4, -0.2) is 12.5 Å². The van der Waals surface area contributed by atoms with Gasteiger partial charge in [-0.25, -0.2) is 0 Å². The molecule has 1 aliphatic heterocycles. The molecule has 0 saturated carbocycles. The first-order valence-corrected chi connectivity index (χ1v) is 9.11. The summed E-state index contributed by atoms with van der Waals surface area (Å²) < 4.78 is 0. The second-order valence-electron chi connectivity index (χ2n) is 7.83. The van der Waals surface area contributed by atoms with Gasteiger partial charge >= 0.3 is 0 Å². The van der Waals surface area contributed by atoms with Crippen LogP contribution in [0.5, 0.6) is 0 Å². The summed E-state index contributed by atoms with van der Waals surface area (Å²) in [5.41, 5.74) is 5.05. The zero-order chi connectivity index (χ0) is 18.7. The minimum Gasteiger partial charge on any atom is -0.385 e. The van der Waals surface area contributed by atoms with E-state index in [0.29, 0.717) is 16.8 Å². The summed E-state index contributed by atoms with van der Waals surface area (Å²) in [5.74, 6) is -0.191. The van der Waals surface area contributed by atoms with E-state index < -0.39 is 0 Å². The van der Waals surface area contributed by atoms with Crippen LogP contribution in [0.2, 0.25) is 0 Å². The summed E-state index contributed by atoms with van der Waals surface area (Å²) >= 11 is 0. The molecular formula is C22H25N3O. The van der Waals surface area contributed by atoms with E-state index in [2.05, 4.69) is 37.5 Å². The van der Waals surface area contributed by atoms with Gasteiger partial charge in [-0.15, -0.1) is 0 Å². The van der Waals surface area contributed by atoms with Gasteiger partial charge in [0.15, 0.2) is 0 Å². The number of hydrogen-bond acceptors (Lipinski definition) is 3. The number of benzene rings is 2. The molecule has 0 saturated heterocycles. The van der Waals surface area contributed by atoms with Gasteiger partial charge in [0, 0.05) is 17.8 Å². The van der Waals surface area contributed by atoms with Gasteiger partial charge in [-0.05, 0) is 60.1 Å². The van der Waals surface area contributed by atoms with Crippen molar-refractivity contribution in [1.82, 2.24) is 0 Å². The highest BCUT2D eigenvalue weighted by Crippen LogP contribution is 2.29. The number of hydrogen-bond donors (Lipinski definition) is 2. The Labute approximate surface area is 155 Å². The Bertz CT molecular complexity index is 855. The topological polar surface area (TPSA) is 64.9 Å². The largest absolute Gasteiger partial charge is 0.385 e. The fourth-order valence-electron chi connectivity index (χ4n) is 3.19. The average molecular weight is 347 g/mol. The van der Waals surface area contributed by atoms with Crippen LogP contribution < -0.4 is 10.6 Å². The van der Waals surface area contributed by atoms with Gasteiger partial charge in [0.1, 0.15) is 6.07 Å². The van der Waals surface area contributed by atoms with Crippen LogP contribution in [0.4, 0.5) is 11.4 Å². The van der Waals surface area contributed by atoms with E-state index >= 15 is 0 Å². The van der Waals surface area contributed by atoms with Gasteiger partial charge in [0.05, 0.1) is 11.3 Å². The third-order valence-corrected chi connectivity index (χ3v) is 4.81. The number of nitriles is 1. The molecule has 3 rings (SSSR count). The molecule has 2 aromatic carbocycles. The molecule has 1 aliphatic rings. The van der Waals surface area contributed by atoms with Crippen molar-refractivity contribution < 1.29 is 4.79 Å². The lowest BCUT2D eigenvalue weighted by Crippen LogP contribution is -2.15. The van der Waals surface area contributed by atoms with E-state index in [9.17, 15) is 10.1 Å². The molecule has 26 heavy (non-hydrogen) atoms. The van der Waals surface area contributed by atoms with Gasteiger partial charge in [-0.1, -0.05) is 32.9 Å². The van der Waals surface area contributed by atoms with Crippen LogP contribution in [0.25, 0.3) is 0 Å². The number of nitrogens with zero attached hydrogens (tertiary/aromatic N) is 1. The van der Waals surface area contributed by atoms with Gasteiger partial charge in [-0.3, -0.25) is 4.79 Å². The molecule has 1 heterocycles. The highest BCUT2D eigenvalue weighted by molar-refractivity contribution is 6.05. The van der Waals surface area contributed by atoms with E-state index in [1.165, 1.54) is 5.56 Å². The highest BCUT2D eigenvalue weighted by atomic mass is 16.1. The molecule has 4 nitrogen and oxygen atoms in total. The maximum absolute atomic E-state index is 12.6. The first-order chi connectivity index (χ1) is 12.4. The minimum atomic E-state index is -0.191. The standard InChI is InChI=1S/C22H25N3O/c1-22(2,3)18-9-7-15(8-10-18)21(26)25-20-12-16-6-4-5-11-24-19(16)13-17(20)14-23/h7-10,12-13,24H,4-6,11H2,1-3H3,(H,25,26). The van der Waals surface area contributed by atoms with E-state index in [4.69, 9.17) is 0 Å². The van der Waals surface area contributed by atoms with Crippen LogP contribution in [-0.2, 0) is 11.8 Å². The maximum Gasteiger partial charge on any atom is 0.255 e. The average Bonchev–Trinajstić information content (AvgIpc) is 2.85. The highest BCUT2D eigenvalue weighted by Gasteiger charge is 2.17. The Hall–Kier alpha value is -2.80. The fraction of sp³-hybridized carbons (Fsp3) is 0.364. The zero-order valence-corrected chi connectivity index (χ0v) is 15.6. The quantitative estimate of drug-likeness (QED) is 0.815. The Morgan fingerprint density at radius 3 is 2.54 bits per heavy atom. The Morgan fingerprint density at radius 2 is 1.88 bits per heavy atom. The number of fused-ring (bicyclic) bond motifs is 1. The molecule has 2 N–H and O–H groups in total. The summed E-state index contributed by atoms with van der Waals surface area (Å²) in [5, 5.41) is 15.8. The number of anilines is 2. The molecule has 0 radical (unpaired) electrons. The summed E-state index contributed by atoms with van der Waals surface area (Å²) in [6.07, 6.45) is 3.17. The number of amides is 1. The first-order valence-electron chi connectivity index (χ1n) is 9.11. The van der Waals surface area contributed by atoms with Crippen molar-refractivity contribution in [1.29, 1.82) is 5.26 Å². The van der Waals surface area contributed by atoms with Crippen molar-refractivity contribution in [2.45, 2.75) is 45.4 Å². The monoisotopic (exact) mass is 347 g/mol. The lowest BCUT2D eigenvalue weighted by Gasteiger charge is -2.19. The normalized spacial score (nSPS) is 13.8. The number of rotatable bonds is 2. The van der Waals surface area contributed by atoms with Crippen molar-refractivity contribution in [3.63, 3.8) is 0 Å². The molecule has 0 aromatic heterocycles. The second-order valence-corrected chi connectivity index (χ2v) is 7.83. The Kier molecular flexibility index (Phi) is 4.99. The molecule has 0 spiro atoms. The molecule has 0 unspecified atom stereocenters. The summed E-state index contributed by atoms with van der Waals surface area (Å²) in [4.78, 5) is 12.6. The number of carbonyl (C=O) groups excluding carboxylic acids is 1. The Morgan fingerprint density at radius 1 is 1.15 bits per heavy atom. The maximum atomic E-state index is 12.6. The molecule has 2 aromatic rings. The van der Waals surface area contributed by atoms with E-state index in [1.54, 1.807) is 0 Å². The predicted octanol–water partition coefficient (Wildman–Crippen LogP) is 4.86. The molecular weight excluding hydrogens is 322 g/mol. The van der Waals surface area contributed by atoms with Gasteiger partial charge < -0.3 is 10.6 Å². The second kappa shape index (κ2) is 7.21. The van der Waals surface area contributed by atoms with Gasteiger partial charge in [0.2, 0.25) is 0 Å². The van der Waals surface area contributed by atoms with E-state index in [0.717, 1.165) is 37.1 Å². The molecule has 134 valence electrons. The molecule has 1 amide bonds. The molecule has 0 atom stereocenters. The van der Waals surface area contributed by atoms with Crippen molar-refractivity contribution in [3.05, 3.63) is 58.7 Å². The van der Waals surface area contributed by atoms with Gasteiger partial charge in [-0.2, -0.15) is 5.26 Å². The molecule has 0 aliphatic carbocycles. The predicted molar refractivity (Wildman–Crippen MR) is 106 cm³/mol. The lowest BCUT2D eigenvalue weighted by atomic mass is 9.86. The minimum absolute atomic E-state index is 0.0486. The van der Waals surface area contributed by atoms with Crippen LogP contribution in [0.1, 0.15) is 60.7 Å². The zero-order valence-electron chi connectivity index (χ0n) is 15.6. The van der Waals surface area contributed by atoms with Crippen molar-refractivity contribution in [2.24, 2.45) is 0 Å². The summed E-state index contributed by atoms with van der Waals surface area (Å²) in [6.45, 7) is 7.35. The number of nitrogens with one attached hydrogen (secondary N) is 2. The number of carbonyl (C=O) groups is 1. The number of aryl methyl sites for hydroxylation is 1. The van der Waals surface area contributed by atoms with E-state index in [-0.39, 0.29) is 11.3 Å². The first kappa shape index (κ1) is 18.0. The van der Waals surface area contributed by atoms with Crippen LogP contribution in [0, 0.1) is 11.3 Å². The van der Waals surface area contributed by atoms with Crippen molar-refractivity contribution in [3.8, 4) is 6.07 Å². The molecule has 4 heteroatoms.